The molecule has 0 radical (unpaired) electrons. The van der Waals surface area contributed by atoms with E-state index in [-0.39, 0.29) is 5.91 Å². The van der Waals surface area contributed by atoms with E-state index in [0.29, 0.717) is 22.2 Å². The maximum absolute atomic E-state index is 12.5. The third-order valence-electron chi connectivity index (χ3n) is 5.01. The van der Waals surface area contributed by atoms with Gasteiger partial charge < -0.3 is 0 Å². The third kappa shape index (κ3) is 3.11. The molecule has 1 amide bonds. The van der Waals surface area contributed by atoms with Gasteiger partial charge in [-0.1, -0.05) is 20.8 Å². The minimum Gasteiger partial charge on any atom is -0.296 e. The SMILES string of the molecule is Cc1csc2nc(C(=O)Nc3nc4c(s3)CC(C(C)(C)C)CC4)cn12. The number of nitrogens with one attached hydrogen (secondary N) is 1. The number of hydrogen-bond donors (Lipinski definition) is 1. The summed E-state index contributed by atoms with van der Waals surface area (Å²) < 4.78 is 1.94. The fourth-order valence-electron chi connectivity index (χ4n) is 3.33. The van der Waals surface area contributed by atoms with Crippen LogP contribution in [0, 0.1) is 18.3 Å². The van der Waals surface area contributed by atoms with E-state index in [4.69, 9.17) is 0 Å². The molecule has 1 N–H and O–H groups in total. The predicted octanol–water partition coefficient (Wildman–Crippen LogP) is 4.56. The van der Waals surface area contributed by atoms with Gasteiger partial charge in [0.15, 0.2) is 10.1 Å². The number of aromatic nitrogens is 3. The highest BCUT2D eigenvalue weighted by molar-refractivity contribution is 7.16. The molecule has 132 valence electrons. The number of amides is 1. The number of anilines is 1. The average Bonchev–Trinajstić information content (AvgIpc) is 3.21. The molecule has 0 spiro atoms. The highest BCUT2D eigenvalue weighted by atomic mass is 32.1. The molecule has 3 aromatic rings. The number of thiazole rings is 2. The summed E-state index contributed by atoms with van der Waals surface area (Å²) in [6, 6.07) is 0. The molecular weight excluding hydrogens is 352 g/mol. The lowest BCUT2D eigenvalue weighted by molar-refractivity contribution is 0.102. The Labute approximate surface area is 155 Å². The smallest absolute Gasteiger partial charge is 0.277 e. The first kappa shape index (κ1) is 16.7. The van der Waals surface area contributed by atoms with Crippen molar-refractivity contribution < 1.29 is 4.79 Å². The van der Waals surface area contributed by atoms with Gasteiger partial charge in [-0.05, 0) is 37.5 Å². The van der Waals surface area contributed by atoms with E-state index in [0.717, 1.165) is 29.2 Å². The number of rotatable bonds is 2. The first-order valence-electron chi connectivity index (χ1n) is 8.54. The van der Waals surface area contributed by atoms with E-state index in [1.165, 1.54) is 11.3 Å². The van der Waals surface area contributed by atoms with Gasteiger partial charge in [-0.3, -0.25) is 14.5 Å². The van der Waals surface area contributed by atoms with Crippen molar-refractivity contribution in [3.8, 4) is 0 Å². The van der Waals surface area contributed by atoms with Crippen molar-refractivity contribution in [3.63, 3.8) is 0 Å². The number of imidazole rings is 1. The first-order chi connectivity index (χ1) is 11.8. The van der Waals surface area contributed by atoms with Gasteiger partial charge in [0, 0.05) is 22.1 Å². The van der Waals surface area contributed by atoms with Crippen LogP contribution < -0.4 is 5.32 Å². The number of fused-ring (bicyclic) bond motifs is 2. The molecule has 5 nitrogen and oxygen atoms in total. The summed E-state index contributed by atoms with van der Waals surface area (Å²) in [5.41, 5.74) is 2.99. The molecule has 4 rings (SSSR count). The predicted molar refractivity (Wildman–Crippen MR) is 103 cm³/mol. The molecule has 1 atom stereocenters. The second-order valence-electron chi connectivity index (χ2n) is 7.80. The number of hydrogen-bond acceptors (Lipinski definition) is 5. The zero-order valence-electron chi connectivity index (χ0n) is 14.9. The molecule has 0 saturated carbocycles. The van der Waals surface area contributed by atoms with Crippen LogP contribution in [0.1, 0.15) is 53.9 Å². The van der Waals surface area contributed by atoms with Gasteiger partial charge in [0.25, 0.3) is 5.91 Å². The molecule has 0 fully saturated rings. The van der Waals surface area contributed by atoms with E-state index >= 15 is 0 Å². The van der Waals surface area contributed by atoms with Crippen LogP contribution in [0.2, 0.25) is 0 Å². The van der Waals surface area contributed by atoms with Crippen LogP contribution in [0.3, 0.4) is 0 Å². The highest BCUT2D eigenvalue weighted by Crippen LogP contribution is 2.40. The Morgan fingerprint density at radius 1 is 1.36 bits per heavy atom. The van der Waals surface area contributed by atoms with Gasteiger partial charge in [0.05, 0.1) is 5.69 Å². The van der Waals surface area contributed by atoms with Crippen LogP contribution in [-0.2, 0) is 12.8 Å². The molecule has 3 heterocycles. The minimum atomic E-state index is -0.186. The molecule has 1 unspecified atom stereocenters. The Morgan fingerprint density at radius 2 is 2.16 bits per heavy atom. The van der Waals surface area contributed by atoms with Crippen LogP contribution in [-0.4, -0.2) is 20.3 Å². The second-order valence-corrected chi connectivity index (χ2v) is 9.72. The molecule has 0 aliphatic heterocycles. The van der Waals surface area contributed by atoms with Gasteiger partial charge in [0.2, 0.25) is 0 Å². The minimum absolute atomic E-state index is 0.186. The van der Waals surface area contributed by atoms with E-state index < -0.39 is 0 Å². The fraction of sp³-hybridized carbons (Fsp3) is 0.500. The van der Waals surface area contributed by atoms with Crippen LogP contribution in [0.25, 0.3) is 4.96 Å². The molecule has 1 aliphatic carbocycles. The van der Waals surface area contributed by atoms with Crippen LogP contribution in [0.4, 0.5) is 5.13 Å². The van der Waals surface area contributed by atoms with Crippen molar-refractivity contribution in [1.29, 1.82) is 0 Å². The Hall–Kier alpha value is -1.73. The summed E-state index contributed by atoms with van der Waals surface area (Å²) >= 11 is 3.16. The topological polar surface area (TPSA) is 59.3 Å². The average molecular weight is 375 g/mol. The van der Waals surface area contributed by atoms with E-state index in [2.05, 4.69) is 36.1 Å². The number of aryl methyl sites for hydroxylation is 2. The zero-order valence-corrected chi connectivity index (χ0v) is 16.6. The maximum Gasteiger partial charge on any atom is 0.277 e. The van der Waals surface area contributed by atoms with Crippen molar-refractivity contribution in [1.82, 2.24) is 14.4 Å². The lowest BCUT2D eigenvalue weighted by atomic mass is 9.73. The Balaban J connectivity index is 1.52. The van der Waals surface area contributed by atoms with Crippen molar-refractivity contribution in [3.05, 3.63) is 33.5 Å². The Bertz CT molecular complexity index is 944. The summed E-state index contributed by atoms with van der Waals surface area (Å²) in [5, 5.41) is 5.66. The molecule has 1 aliphatic rings. The monoisotopic (exact) mass is 374 g/mol. The second kappa shape index (κ2) is 5.92. The van der Waals surface area contributed by atoms with Crippen LogP contribution in [0.15, 0.2) is 11.6 Å². The quantitative estimate of drug-likeness (QED) is 0.715. The third-order valence-corrected chi connectivity index (χ3v) is 7.00. The lowest BCUT2D eigenvalue weighted by Crippen LogP contribution is -2.26. The summed E-state index contributed by atoms with van der Waals surface area (Å²) in [6.45, 7) is 8.92. The van der Waals surface area contributed by atoms with Gasteiger partial charge in [0.1, 0.15) is 5.69 Å². The van der Waals surface area contributed by atoms with Gasteiger partial charge in [-0.15, -0.1) is 22.7 Å². The number of carbonyl (C=O) groups is 1. The zero-order chi connectivity index (χ0) is 17.8. The van der Waals surface area contributed by atoms with E-state index in [9.17, 15) is 4.79 Å². The number of nitrogens with zero attached hydrogens (tertiary/aromatic N) is 3. The van der Waals surface area contributed by atoms with Crippen molar-refractivity contribution >= 4 is 38.7 Å². The molecular formula is C18H22N4OS2. The molecule has 0 aromatic carbocycles. The fourth-order valence-corrected chi connectivity index (χ4v) is 5.27. The van der Waals surface area contributed by atoms with Gasteiger partial charge in [-0.2, -0.15) is 0 Å². The maximum atomic E-state index is 12.5. The van der Waals surface area contributed by atoms with Crippen molar-refractivity contribution in [2.24, 2.45) is 11.3 Å². The normalized spacial score (nSPS) is 17.7. The van der Waals surface area contributed by atoms with E-state index in [1.54, 1.807) is 28.9 Å². The standard InChI is InChI=1S/C18H22N4OS2/c1-10-9-24-17-20-13(8-22(10)17)15(23)21-16-19-12-6-5-11(18(2,3)4)7-14(12)25-16/h8-9,11H,5-7H2,1-4H3,(H,19,21,23). The summed E-state index contributed by atoms with van der Waals surface area (Å²) in [6.07, 6.45) is 5.03. The van der Waals surface area contributed by atoms with E-state index in [1.807, 2.05) is 16.7 Å². The van der Waals surface area contributed by atoms with Crippen molar-refractivity contribution in [2.75, 3.05) is 5.32 Å². The highest BCUT2D eigenvalue weighted by Gasteiger charge is 2.31. The largest absolute Gasteiger partial charge is 0.296 e. The van der Waals surface area contributed by atoms with Gasteiger partial charge >= 0.3 is 0 Å². The summed E-state index contributed by atoms with van der Waals surface area (Å²) in [4.78, 5) is 23.7. The van der Waals surface area contributed by atoms with Gasteiger partial charge in [-0.25, -0.2) is 9.97 Å². The molecule has 0 saturated heterocycles. The Morgan fingerprint density at radius 3 is 2.88 bits per heavy atom. The summed E-state index contributed by atoms with van der Waals surface area (Å²) in [7, 11) is 0. The number of carbonyl (C=O) groups excluding carboxylic acids is 1. The first-order valence-corrected chi connectivity index (χ1v) is 10.2. The Kier molecular flexibility index (Phi) is 3.96. The summed E-state index contributed by atoms with van der Waals surface area (Å²) in [5.74, 6) is 0.487. The lowest BCUT2D eigenvalue weighted by Gasteiger charge is -2.33. The molecule has 0 bridgehead atoms. The molecule has 3 aromatic heterocycles. The van der Waals surface area contributed by atoms with Crippen molar-refractivity contribution in [2.45, 2.75) is 47.0 Å². The van der Waals surface area contributed by atoms with Crippen LogP contribution in [0.5, 0.6) is 0 Å². The van der Waals surface area contributed by atoms with Crippen LogP contribution >= 0.6 is 22.7 Å². The molecule has 25 heavy (non-hydrogen) atoms. The molecule has 7 heteroatoms.